The quantitative estimate of drug-likeness (QED) is 0.219. The lowest BCUT2D eigenvalue weighted by molar-refractivity contribution is -0.0968. The van der Waals surface area contributed by atoms with E-state index in [2.05, 4.69) is 72.8 Å². The summed E-state index contributed by atoms with van der Waals surface area (Å²) < 4.78 is 33.2. The van der Waals surface area contributed by atoms with Gasteiger partial charge in [0.2, 0.25) is 0 Å². The van der Waals surface area contributed by atoms with Crippen LogP contribution in [0.25, 0.3) is 32.7 Å². The summed E-state index contributed by atoms with van der Waals surface area (Å²) in [4.78, 5) is 0. The molecule has 0 radical (unpaired) electrons. The molecule has 4 aromatic rings. The van der Waals surface area contributed by atoms with E-state index in [1.165, 1.54) is 17.2 Å². The lowest BCUT2D eigenvalue weighted by Crippen LogP contribution is -2.52. The highest BCUT2D eigenvalue weighted by Crippen LogP contribution is 2.93. The summed E-state index contributed by atoms with van der Waals surface area (Å²) in [5.74, 6) is 8.49. The molecule has 2 saturated heterocycles. The summed E-state index contributed by atoms with van der Waals surface area (Å²) in [6, 6.07) is 25.6. The van der Waals surface area contributed by atoms with Crippen LogP contribution in [0.5, 0.6) is 11.5 Å². The Bertz CT molecular complexity index is 1700. The number of hydrogen-bond acceptors (Lipinski definition) is 5. The monoisotopic (exact) mass is 586 g/mol. The molecule has 10 atom stereocenters. The maximum Gasteiger partial charge on any atom is 0.128 e. The number of ether oxygens (including phenoxy) is 5. The van der Waals surface area contributed by atoms with E-state index in [1.807, 2.05) is 0 Å². The van der Waals surface area contributed by atoms with Gasteiger partial charge in [0.1, 0.15) is 24.7 Å². The molecular weight excluding hydrogens is 548 g/mol. The predicted octanol–water partition coefficient (Wildman–Crippen LogP) is 7.14. The van der Waals surface area contributed by atoms with Crippen LogP contribution >= 0.6 is 0 Å². The molecule has 5 heteroatoms. The number of benzene rings is 4. The molecule has 3 heterocycles. The minimum Gasteiger partial charge on any atom is -0.491 e. The van der Waals surface area contributed by atoms with Gasteiger partial charge >= 0.3 is 0 Å². The van der Waals surface area contributed by atoms with Crippen molar-refractivity contribution in [3.05, 3.63) is 72.8 Å². The molecule has 4 bridgehead atoms. The Hall–Kier alpha value is -3.12. The summed E-state index contributed by atoms with van der Waals surface area (Å²) in [5, 5.41) is 4.67. The van der Waals surface area contributed by atoms with Crippen LogP contribution in [0.15, 0.2) is 72.8 Å². The molecule has 5 saturated carbocycles. The van der Waals surface area contributed by atoms with E-state index in [1.54, 1.807) is 0 Å². The fraction of sp³-hybridized carbons (Fsp3) is 0.487. The molecule has 0 N–H and O–H groups in total. The van der Waals surface area contributed by atoms with Gasteiger partial charge < -0.3 is 23.7 Å². The van der Waals surface area contributed by atoms with Crippen LogP contribution in [-0.2, 0) is 14.2 Å². The van der Waals surface area contributed by atoms with Crippen molar-refractivity contribution < 1.29 is 23.7 Å². The third-order valence-corrected chi connectivity index (χ3v) is 13.4. The van der Waals surface area contributed by atoms with Crippen molar-refractivity contribution in [1.29, 1.82) is 0 Å². The maximum atomic E-state index is 7.36. The van der Waals surface area contributed by atoms with Crippen molar-refractivity contribution in [3.8, 4) is 22.6 Å². The molecule has 44 heavy (non-hydrogen) atoms. The third kappa shape index (κ3) is 2.89. The molecule has 3 aliphatic heterocycles. The van der Waals surface area contributed by atoms with E-state index in [-0.39, 0.29) is 11.2 Å². The SMILES string of the molecule is c1ccc2c3c(ccc2c1)OCCOCCC12OC4(CCOCCOc5ccc6ccccc6c5-3)C3C5CC(C6C5C4C61)C32. The largest absolute Gasteiger partial charge is 0.491 e. The van der Waals surface area contributed by atoms with Crippen LogP contribution in [0.3, 0.4) is 0 Å². The lowest BCUT2D eigenvalue weighted by atomic mass is 9.54. The number of rotatable bonds is 0. The van der Waals surface area contributed by atoms with Gasteiger partial charge in [0.25, 0.3) is 0 Å². The van der Waals surface area contributed by atoms with E-state index >= 15 is 0 Å². The summed E-state index contributed by atoms with van der Waals surface area (Å²) in [6.07, 6.45) is 3.55. The van der Waals surface area contributed by atoms with Crippen molar-refractivity contribution in [2.24, 2.45) is 47.3 Å². The Kier molecular flexibility index (Phi) is 5.01. The average Bonchev–Trinajstić information content (AvgIpc) is 3.73. The van der Waals surface area contributed by atoms with Crippen molar-refractivity contribution in [3.63, 3.8) is 0 Å². The normalized spacial score (nSPS) is 41.1. The van der Waals surface area contributed by atoms with Crippen LogP contribution in [0.2, 0.25) is 0 Å². The highest BCUT2D eigenvalue weighted by atomic mass is 16.6. The van der Waals surface area contributed by atoms with E-state index in [0.29, 0.717) is 26.4 Å². The minimum absolute atomic E-state index is 0.0630. The van der Waals surface area contributed by atoms with Crippen molar-refractivity contribution in [1.82, 2.24) is 0 Å². The van der Waals surface area contributed by atoms with Crippen LogP contribution in [0, 0.1) is 47.3 Å². The van der Waals surface area contributed by atoms with Crippen LogP contribution in [0.4, 0.5) is 0 Å². The number of fused-ring (bicyclic) bond motifs is 7. The first kappa shape index (κ1) is 25.1. The summed E-state index contributed by atoms with van der Waals surface area (Å²) in [6.45, 7) is 3.66. The molecule has 0 aromatic heterocycles. The maximum absolute atomic E-state index is 7.36. The first-order valence-corrected chi connectivity index (χ1v) is 17.0. The fourth-order valence-corrected chi connectivity index (χ4v) is 12.6. The van der Waals surface area contributed by atoms with Gasteiger partial charge in [0.05, 0.1) is 24.4 Å². The van der Waals surface area contributed by atoms with Gasteiger partial charge in [-0.3, -0.25) is 0 Å². The summed E-state index contributed by atoms with van der Waals surface area (Å²) in [7, 11) is 0. The van der Waals surface area contributed by atoms with Gasteiger partial charge in [-0.05, 0) is 87.4 Å². The Labute approximate surface area is 257 Å². The highest BCUT2D eigenvalue weighted by molar-refractivity contribution is 6.09. The van der Waals surface area contributed by atoms with E-state index < -0.39 is 0 Å². The molecule has 8 aliphatic rings. The molecular formula is C39H38O5. The van der Waals surface area contributed by atoms with Gasteiger partial charge in [0, 0.05) is 37.2 Å². The average molecular weight is 587 g/mol. The standard InChI is InChI=1S/C39H38O5/c1-3-7-24-22(5-1)9-11-28-30(24)31-25-8-4-2-6-23(25)10-12-29(31)43-20-18-41-16-14-39-35-27-21-26-32-33(27)37(39)36(32)38(44-39,34(26)35)13-15-40-17-19-42-28/h1-12,26-27,32-37H,13-21H2. The summed E-state index contributed by atoms with van der Waals surface area (Å²) >= 11 is 0. The Morgan fingerprint density at radius 3 is 1.52 bits per heavy atom. The Morgan fingerprint density at radius 1 is 0.500 bits per heavy atom. The molecule has 4 aromatic carbocycles. The van der Waals surface area contributed by atoms with Gasteiger partial charge in [-0.1, -0.05) is 60.7 Å². The zero-order chi connectivity index (χ0) is 28.6. The first-order valence-electron chi connectivity index (χ1n) is 17.0. The van der Waals surface area contributed by atoms with Crippen molar-refractivity contribution in [2.75, 3.05) is 39.6 Å². The van der Waals surface area contributed by atoms with Crippen LogP contribution in [-0.4, -0.2) is 50.8 Å². The second-order valence-electron chi connectivity index (χ2n) is 14.6. The van der Waals surface area contributed by atoms with Gasteiger partial charge in [0.15, 0.2) is 0 Å². The molecule has 2 spiro atoms. The van der Waals surface area contributed by atoms with E-state index in [0.717, 1.165) is 107 Å². The molecule has 10 unspecified atom stereocenters. The topological polar surface area (TPSA) is 46.2 Å². The second-order valence-corrected chi connectivity index (χ2v) is 14.6. The van der Waals surface area contributed by atoms with E-state index in [9.17, 15) is 0 Å². The second kappa shape index (κ2) is 8.78. The van der Waals surface area contributed by atoms with Crippen LogP contribution in [0.1, 0.15) is 19.3 Å². The Balaban J connectivity index is 0.956. The molecule has 0 amide bonds. The fourth-order valence-electron chi connectivity index (χ4n) is 12.6. The lowest BCUT2D eigenvalue weighted by Gasteiger charge is -2.48. The summed E-state index contributed by atoms with van der Waals surface area (Å²) in [5.41, 5.74) is 2.27. The Morgan fingerprint density at radius 2 is 1.00 bits per heavy atom. The van der Waals surface area contributed by atoms with Gasteiger partial charge in [-0.15, -0.1) is 0 Å². The van der Waals surface area contributed by atoms with Gasteiger partial charge in [-0.2, -0.15) is 0 Å². The van der Waals surface area contributed by atoms with Crippen LogP contribution < -0.4 is 9.47 Å². The zero-order valence-electron chi connectivity index (χ0n) is 25.0. The van der Waals surface area contributed by atoms with Crippen molar-refractivity contribution in [2.45, 2.75) is 30.5 Å². The van der Waals surface area contributed by atoms with Crippen molar-refractivity contribution >= 4 is 21.5 Å². The van der Waals surface area contributed by atoms with Gasteiger partial charge in [-0.25, -0.2) is 0 Å². The smallest absolute Gasteiger partial charge is 0.128 e. The molecule has 12 rings (SSSR count). The number of hydrogen-bond donors (Lipinski definition) is 0. The third-order valence-electron chi connectivity index (χ3n) is 13.4. The zero-order valence-corrected chi connectivity index (χ0v) is 25.0. The highest BCUT2D eigenvalue weighted by Gasteiger charge is 2.96. The molecule has 5 nitrogen and oxygen atoms in total. The minimum atomic E-state index is 0.0630. The first-order chi connectivity index (χ1) is 21.8. The molecule has 5 aliphatic carbocycles. The predicted molar refractivity (Wildman–Crippen MR) is 168 cm³/mol. The van der Waals surface area contributed by atoms with E-state index in [4.69, 9.17) is 23.7 Å². The molecule has 224 valence electrons. The molecule has 7 fully saturated rings.